The number of hydrogen-bond acceptors (Lipinski definition) is 3. The van der Waals surface area contributed by atoms with E-state index in [1.807, 2.05) is 0 Å². The highest BCUT2D eigenvalue weighted by molar-refractivity contribution is 7.07. The van der Waals surface area contributed by atoms with Crippen LogP contribution in [0.1, 0.15) is 50.5 Å². The first-order valence-corrected chi connectivity index (χ1v) is 10.4. The third kappa shape index (κ3) is 4.75. The van der Waals surface area contributed by atoms with E-state index in [4.69, 9.17) is 0 Å². The van der Waals surface area contributed by atoms with E-state index < -0.39 is 0 Å². The summed E-state index contributed by atoms with van der Waals surface area (Å²) in [6, 6.07) is 2.48. The second-order valence-corrected chi connectivity index (χ2v) is 8.09. The molecule has 1 aliphatic heterocycles. The number of nitrogens with one attached hydrogen (secondary N) is 2. The Kier molecular flexibility index (Phi) is 6.34. The molecule has 1 saturated carbocycles. The van der Waals surface area contributed by atoms with E-state index in [1.165, 1.54) is 18.4 Å². The number of carbonyl (C=O) groups excluding carboxylic acids is 1. The van der Waals surface area contributed by atoms with E-state index in [2.05, 4.69) is 44.3 Å². The lowest BCUT2D eigenvalue weighted by Gasteiger charge is -2.22. The summed E-state index contributed by atoms with van der Waals surface area (Å²) in [6.45, 7) is 4.75. The predicted octanol–water partition coefficient (Wildman–Crippen LogP) is 2.81. The van der Waals surface area contributed by atoms with Gasteiger partial charge in [0.1, 0.15) is 0 Å². The zero-order valence-corrected chi connectivity index (χ0v) is 16.1. The summed E-state index contributed by atoms with van der Waals surface area (Å²) in [7, 11) is 1.81. The molecule has 0 bridgehead atoms. The monoisotopic (exact) mass is 362 g/mol. The van der Waals surface area contributed by atoms with Gasteiger partial charge in [-0.1, -0.05) is 19.8 Å². The molecule has 1 aliphatic carbocycles. The summed E-state index contributed by atoms with van der Waals surface area (Å²) in [6.07, 6.45) is 5.59. The number of carbonyl (C=O) groups is 1. The lowest BCUT2D eigenvalue weighted by molar-refractivity contribution is -0.134. The average molecular weight is 363 g/mol. The molecular weight excluding hydrogens is 332 g/mol. The van der Waals surface area contributed by atoms with Gasteiger partial charge in [-0.2, -0.15) is 11.3 Å². The Hall–Kier alpha value is -1.56. The molecule has 2 unspecified atom stereocenters. The normalized spacial score (nSPS) is 23.0. The van der Waals surface area contributed by atoms with Crippen molar-refractivity contribution in [2.75, 3.05) is 26.7 Å². The van der Waals surface area contributed by atoms with E-state index >= 15 is 0 Å². The summed E-state index contributed by atoms with van der Waals surface area (Å²) in [5.41, 5.74) is 1.36. The molecule has 3 rings (SSSR count). The third-order valence-corrected chi connectivity index (χ3v) is 6.16. The van der Waals surface area contributed by atoms with Crippen molar-refractivity contribution in [1.29, 1.82) is 0 Å². The van der Waals surface area contributed by atoms with Crippen molar-refractivity contribution < 1.29 is 4.79 Å². The number of thiophene rings is 1. The van der Waals surface area contributed by atoms with E-state index in [1.54, 1.807) is 18.4 Å². The molecule has 2 atom stereocenters. The maximum atomic E-state index is 12.5. The third-order valence-electron chi connectivity index (χ3n) is 5.46. The van der Waals surface area contributed by atoms with E-state index in [0.717, 1.165) is 44.9 Å². The average Bonchev–Trinajstić information content (AvgIpc) is 3.39. The zero-order chi connectivity index (χ0) is 17.6. The first kappa shape index (κ1) is 18.2. The Balaban J connectivity index is 1.44. The van der Waals surface area contributed by atoms with Crippen LogP contribution in [0, 0.1) is 5.92 Å². The molecule has 2 heterocycles. The van der Waals surface area contributed by atoms with E-state index in [9.17, 15) is 4.79 Å². The molecule has 0 aromatic carbocycles. The van der Waals surface area contributed by atoms with Gasteiger partial charge in [0.05, 0.1) is 0 Å². The molecule has 6 heteroatoms. The molecule has 2 N–H and O–H groups in total. The Morgan fingerprint density at radius 1 is 1.40 bits per heavy atom. The molecule has 5 nitrogen and oxygen atoms in total. The van der Waals surface area contributed by atoms with Crippen LogP contribution in [-0.4, -0.2) is 49.5 Å². The van der Waals surface area contributed by atoms with Crippen LogP contribution in [0.3, 0.4) is 0 Å². The summed E-state index contributed by atoms with van der Waals surface area (Å²) in [5.74, 6) is 1.94. The minimum atomic E-state index is 0.280. The van der Waals surface area contributed by atoms with Gasteiger partial charge in [-0.25, -0.2) is 0 Å². The molecule has 1 saturated heterocycles. The van der Waals surface area contributed by atoms with Crippen LogP contribution in [0.25, 0.3) is 0 Å². The molecule has 1 amide bonds. The minimum Gasteiger partial charge on any atom is -0.356 e. The zero-order valence-electron chi connectivity index (χ0n) is 15.3. The van der Waals surface area contributed by atoms with Gasteiger partial charge >= 0.3 is 0 Å². The Morgan fingerprint density at radius 3 is 2.88 bits per heavy atom. The van der Waals surface area contributed by atoms with Crippen molar-refractivity contribution in [3.63, 3.8) is 0 Å². The quantitative estimate of drug-likeness (QED) is 0.625. The van der Waals surface area contributed by atoms with Gasteiger partial charge < -0.3 is 15.5 Å². The van der Waals surface area contributed by atoms with Crippen LogP contribution < -0.4 is 10.6 Å². The molecule has 0 spiro atoms. The first-order valence-electron chi connectivity index (χ1n) is 9.45. The molecule has 25 heavy (non-hydrogen) atoms. The largest absolute Gasteiger partial charge is 0.356 e. The van der Waals surface area contributed by atoms with E-state index in [0.29, 0.717) is 17.9 Å². The molecule has 138 valence electrons. The second kappa shape index (κ2) is 8.70. The van der Waals surface area contributed by atoms with Crippen molar-refractivity contribution in [2.45, 2.75) is 51.0 Å². The topological polar surface area (TPSA) is 56.7 Å². The Bertz CT molecular complexity index is 580. The Labute approximate surface area is 154 Å². The van der Waals surface area contributed by atoms with Gasteiger partial charge in [0.2, 0.25) is 5.91 Å². The lowest BCUT2D eigenvalue weighted by atomic mass is 10.1. The van der Waals surface area contributed by atoms with Crippen LogP contribution in [0.15, 0.2) is 21.8 Å². The van der Waals surface area contributed by atoms with Gasteiger partial charge in [-0.3, -0.25) is 9.79 Å². The molecule has 2 aliphatic rings. The molecule has 1 aromatic heterocycles. The summed E-state index contributed by atoms with van der Waals surface area (Å²) in [5, 5.41) is 11.2. The van der Waals surface area contributed by atoms with Crippen molar-refractivity contribution >= 4 is 23.2 Å². The maximum Gasteiger partial charge on any atom is 0.225 e. The van der Waals surface area contributed by atoms with Crippen molar-refractivity contribution in [1.82, 2.24) is 15.5 Å². The molecule has 1 aromatic rings. The predicted molar refractivity (Wildman–Crippen MR) is 104 cm³/mol. The summed E-state index contributed by atoms with van der Waals surface area (Å²) >= 11 is 1.74. The van der Waals surface area contributed by atoms with Gasteiger partial charge in [0.15, 0.2) is 5.96 Å². The number of likely N-dealkylation sites (tertiary alicyclic amines) is 1. The van der Waals surface area contributed by atoms with Crippen LogP contribution in [0.2, 0.25) is 0 Å². The molecule has 2 fully saturated rings. The lowest BCUT2D eigenvalue weighted by Crippen LogP contribution is -2.46. The van der Waals surface area contributed by atoms with Crippen LogP contribution in [0.5, 0.6) is 0 Å². The Morgan fingerprint density at radius 2 is 2.20 bits per heavy atom. The van der Waals surface area contributed by atoms with Crippen molar-refractivity contribution in [2.24, 2.45) is 10.9 Å². The standard InChI is InChI=1S/C19H30N4OS/c1-14(16-8-10-25-13-16)11-21-19(20-2)22-17-7-9-23(12-17)18(24)15-5-3-4-6-15/h8,10,13-15,17H,3-7,9,11-12H2,1-2H3,(H2,20,21,22). The maximum absolute atomic E-state index is 12.5. The van der Waals surface area contributed by atoms with Gasteiger partial charge in [0.25, 0.3) is 0 Å². The molecule has 0 radical (unpaired) electrons. The number of hydrogen-bond donors (Lipinski definition) is 2. The number of rotatable bonds is 5. The highest BCUT2D eigenvalue weighted by Crippen LogP contribution is 2.27. The van der Waals surface area contributed by atoms with Crippen LogP contribution in [-0.2, 0) is 4.79 Å². The fourth-order valence-corrected chi connectivity index (χ4v) is 4.60. The molecular formula is C19H30N4OS. The fraction of sp³-hybridized carbons (Fsp3) is 0.684. The minimum absolute atomic E-state index is 0.280. The van der Waals surface area contributed by atoms with Gasteiger partial charge in [-0.15, -0.1) is 0 Å². The second-order valence-electron chi connectivity index (χ2n) is 7.31. The number of aliphatic imine (C=N–C) groups is 1. The smallest absolute Gasteiger partial charge is 0.225 e. The number of nitrogens with zero attached hydrogens (tertiary/aromatic N) is 2. The summed E-state index contributed by atoms with van der Waals surface area (Å²) < 4.78 is 0. The number of amides is 1. The van der Waals surface area contributed by atoms with Crippen LogP contribution >= 0.6 is 11.3 Å². The summed E-state index contributed by atoms with van der Waals surface area (Å²) in [4.78, 5) is 18.9. The fourth-order valence-electron chi connectivity index (χ4n) is 3.82. The highest BCUT2D eigenvalue weighted by Gasteiger charge is 2.32. The van der Waals surface area contributed by atoms with Crippen molar-refractivity contribution in [3.05, 3.63) is 22.4 Å². The SMILES string of the molecule is CN=C(NCC(C)c1ccsc1)NC1CCN(C(=O)C2CCCC2)C1. The van der Waals surface area contributed by atoms with Gasteiger partial charge in [-0.05, 0) is 47.6 Å². The highest BCUT2D eigenvalue weighted by atomic mass is 32.1. The van der Waals surface area contributed by atoms with E-state index in [-0.39, 0.29) is 5.92 Å². The van der Waals surface area contributed by atoms with Gasteiger partial charge in [0, 0.05) is 38.6 Å². The van der Waals surface area contributed by atoms with Crippen molar-refractivity contribution in [3.8, 4) is 0 Å². The van der Waals surface area contributed by atoms with Crippen LogP contribution in [0.4, 0.5) is 0 Å². The number of guanidine groups is 1. The first-order chi connectivity index (χ1) is 12.2.